The van der Waals surface area contributed by atoms with E-state index in [1.165, 1.54) is 0 Å². The van der Waals surface area contributed by atoms with Gasteiger partial charge in [0.05, 0.1) is 6.42 Å². The molecule has 0 aliphatic carbocycles. The molecule has 2 aromatic carbocycles. The Morgan fingerprint density at radius 1 is 0.964 bits per heavy atom. The molecule has 4 nitrogen and oxygen atoms in total. The molecule has 0 unspecified atom stereocenters. The minimum Gasteiger partial charge on any atom is -0.352 e. The second-order valence-corrected chi connectivity index (χ2v) is 7.41. The summed E-state index contributed by atoms with van der Waals surface area (Å²) >= 11 is 0. The van der Waals surface area contributed by atoms with E-state index in [1.54, 1.807) is 4.90 Å². The smallest absolute Gasteiger partial charge is 0.243 e. The number of hydrogen-bond donors (Lipinski definition) is 1. The lowest BCUT2D eigenvalue weighted by Gasteiger charge is -2.31. The molecule has 2 amide bonds. The van der Waals surface area contributed by atoms with E-state index in [2.05, 4.69) is 5.32 Å². The summed E-state index contributed by atoms with van der Waals surface area (Å²) < 4.78 is 0. The van der Waals surface area contributed by atoms with Crippen LogP contribution in [0.15, 0.2) is 54.6 Å². The number of carbonyl (C=O) groups excluding carboxylic acids is 2. The summed E-state index contributed by atoms with van der Waals surface area (Å²) in [5, 5.41) is 3.04. The lowest BCUT2D eigenvalue weighted by molar-refractivity contribution is -0.141. The van der Waals surface area contributed by atoms with Crippen LogP contribution in [-0.2, 0) is 22.6 Å². The Kier molecular flexibility index (Phi) is 8.24. The average Bonchev–Trinajstić information content (AvgIpc) is 2.68. The molecule has 0 aromatic heterocycles. The summed E-state index contributed by atoms with van der Waals surface area (Å²) in [5.74, 6) is -0.106. The number of rotatable bonds is 9. The zero-order chi connectivity index (χ0) is 20.5. The third-order valence-electron chi connectivity index (χ3n) is 5.02. The molecule has 1 N–H and O–H groups in total. The molecule has 0 spiro atoms. The maximum atomic E-state index is 13.2. The lowest BCUT2D eigenvalue weighted by Crippen LogP contribution is -2.51. The summed E-state index contributed by atoms with van der Waals surface area (Å²) in [5.41, 5.74) is 3.12. The third-order valence-corrected chi connectivity index (χ3v) is 5.02. The number of amides is 2. The van der Waals surface area contributed by atoms with Crippen LogP contribution in [0, 0.1) is 6.92 Å². The minimum absolute atomic E-state index is 0.0272. The van der Waals surface area contributed by atoms with Crippen LogP contribution in [0.5, 0.6) is 0 Å². The van der Waals surface area contributed by atoms with Gasteiger partial charge in [-0.3, -0.25) is 9.59 Å². The van der Waals surface area contributed by atoms with Gasteiger partial charge in [-0.15, -0.1) is 0 Å². The van der Waals surface area contributed by atoms with Gasteiger partial charge in [0.2, 0.25) is 11.8 Å². The first kappa shape index (κ1) is 21.7. The van der Waals surface area contributed by atoms with Crippen molar-refractivity contribution in [3.63, 3.8) is 0 Å². The fraction of sp³-hybridized carbons (Fsp3) is 0.417. The molecule has 2 atom stereocenters. The molecule has 0 heterocycles. The van der Waals surface area contributed by atoms with E-state index in [1.807, 2.05) is 82.3 Å². The van der Waals surface area contributed by atoms with Gasteiger partial charge in [0.25, 0.3) is 0 Å². The molecule has 2 rings (SSSR count). The molecule has 0 saturated heterocycles. The van der Waals surface area contributed by atoms with Crippen LogP contribution in [0.3, 0.4) is 0 Å². The standard InChI is InChI=1S/C24H32N2O2/c1-5-19(4)25-24(28)22(6-2)26(17-20-12-8-7-9-13-20)23(27)16-21-14-10-11-18(3)15-21/h7-15,19,22H,5-6,16-17H2,1-4H3,(H,25,28)/t19-,22+/m0/s1. The van der Waals surface area contributed by atoms with Gasteiger partial charge in [-0.05, 0) is 37.8 Å². The normalized spacial score (nSPS) is 12.9. The molecule has 0 aliphatic rings. The first-order valence-corrected chi connectivity index (χ1v) is 10.1. The van der Waals surface area contributed by atoms with Crippen LogP contribution in [0.2, 0.25) is 0 Å². The van der Waals surface area contributed by atoms with E-state index in [4.69, 9.17) is 0 Å². The van der Waals surface area contributed by atoms with Crippen molar-refractivity contribution in [1.29, 1.82) is 0 Å². The quantitative estimate of drug-likeness (QED) is 0.707. The van der Waals surface area contributed by atoms with Crippen molar-refractivity contribution >= 4 is 11.8 Å². The Hall–Kier alpha value is -2.62. The van der Waals surface area contributed by atoms with Crippen LogP contribution in [0.25, 0.3) is 0 Å². The van der Waals surface area contributed by atoms with Crippen LogP contribution >= 0.6 is 0 Å². The van der Waals surface area contributed by atoms with Crippen molar-refractivity contribution in [2.45, 2.75) is 65.6 Å². The average molecular weight is 381 g/mol. The Morgan fingerprint density at radius 3 is 2.25 bits per heavy atom. The number of hydrogen-bond acceptors (Lipinski definition) is 2. The SMILES string of the molecule is CC[C@H](C(=O)N[C@@H](C)CC)N(Cc1ccccc1)C(=O)Cc1cccc(C)c1. The molecular formula is C24H32N2O2. The Labute approximate surface area is 169 Å². The number of nitrogens with one attached hydrogen (secondary N) is 1. The predicted molar refractivity (Wildman–Crippen MR) is 114 cm³/mol. The van der Waals surface area contributed by atoms with E-state index in [0.29, 0.717) is 19.4 Å². The van der Waals surface area contributed by atoms with Crippen molar-refractivity contribution in [2.75, 3.05) is 0 Å². The number of benzene rings is 2. The van der Waals surface area contributed by atoms with Gasteiger partial charge in [-0.1, -0.05) is 74.0 Å². The first-order valence-electron chi connectivity index (χ1n) is 10.1. The van der Waals surface area contributed by atoms with Gasteiger partial charge < -0.3 is 10.2 Å². The van der Waals surface area contributed by atoms with E-state index in [-0.39, 0.29) is 17.9 Å². The molecule has 0 saturated carbocycles. The van der Waals surface area contributed by atoms with E-state index in [0.717, 1.165) is 23.1 Å². The van der Waals surface area contributed by atoms with Crippen molar-refractivity contribution in [1.82, 2.24) is 10.2 Å². The zero-order valence-electron chi connectivity index (χ0n) is 17.4. The molecule has 0 fully saturated rings. The van der Waals surface area contributed by atoms with E-state index >= 15 is 0 Å². The van der Waals surface area contributed by atoms with E-state index < -0.39 is 6.04 Å². The Bertz CT molecular complexity index is 773. The molecule has 0 bridgehead atoms. The van der Waals surface area contributed by atoms with E-state index in [9.17, 15) is 9.59 Å². The number of carbonyl (C=O) groups is 2. The molecule has 150 valence electrons. The fourth-order valence-electron chi connectivity index (χ4n) is 3.24. The topological polar surface area (TPSA) is 49.4 Å². The van der Waals surface area contributed by atoms with Crippen molar-refractivity contribution < 1.29 is 9.59 Å². The van der Waals surface area contributed by atoms with Crippen LogP contribution in [0.4, 0.5) is 0 Å². The maximum Gasteiger partial charge on any atom is 0.243 e. The van der Waals surface area contributed by atoms with Crippen LogP contribution in [-0.4, -0.2) is 28.8 Å². The fourth-order valence-corrected chi connectivity index (χ4v) is 3.24. The number of aryl methyl sites for hydroxylation is 1. The largest absolute Gasteiger partial charge is 0.352 e. The predicted octanol–water partition coefficient (Wildman–Crippen LogP) is 4.26. The molecule has 0 radical (unpaired) electrons. The van der Waals surface area contributed by atoms with Crippen LogP contribution in [0.1, 0.15) is 50.3 Å². The van der Waals surface area contributed by atoms with Gasteiger partial charge in [0.15, 0.2) is 0 Å². The van der Waals surface area contributed by atoms with Crippen molar-refractivity contribution in [3.05, 3.63) is 71.3 Å². The highest BCUT2D eigenvalue weighted by atomic mass is 16.2. The Balaban J connectivity index is 2.26. The van der Waals surface area contributed by atoms with Gasteiger partial charge in [0.1, 0.15) is 6.04 Å². The summed E-state index contributed by atoms with van der Waals surface area (Å²) in [7, 11) is 0. The van der Waals surface area contributed by atoms with Gasteiger partial charge in [0, 0.05) is 12.6 Å². The highest BCUT2D eigenvalue weighted by Gasteiger charge is 2.29. The monoisotopic (exact) mass is 380 g/mol. The second-order valence-electron chi connectivity index (χ2n) is 7.41. The highest BCUT2D eigenvalue weighted by molar-refractivity contribution is 5.88. The lowest BCUT2D eigenvalue weighted by atomic mass is 10.0. The van der Waals surface area contributed by atoms with Crippen LogP contribution < -0.4 is 5.32 Å². The van der Waals surface area contributed by atoms with Crippen molar-refractivity contribution in [3.8, 4) is 0 Å². The summed E-state index contributed by atoms with van der Waals surface area (Å²) in [4.78, 5) is 27.8. The molecule has 28 heavy (non-hydrogen) atoms. The first-order chi connectivity index (χ1) is 13.4. The van der Waals surface area contributed by atoms with Gasteiger partial charge in [-0.25, -0.2) is 0 Å². The van der Waals surface area contributed by atoms with Gasteiger partial charge in [-0.2, -0.15) is 0 Å². The number of nitrogens with zero attached hydrogens (tertiary/aromatic N) is 1. The molecule has 4 heteroatoms. The minimum atomic E-state index is -0.480. The highest BCUT2D eigenvalue weighted by Crippen LogP contribution is 2.15. The van der Waals surface area contributed by atoms with Gasteiger partial charge >= 0.3 is 0 Å². The Morgan fingerprint density at radius 2 is 1.64 bits per heavy atom. The zero-order valence-corrected chi connectivity index (χ0v) is 17.4. The summed E-state index contributed by atoms with van der Waals surface area (Å²) in [6, 6.07) is 17.4. The molecule has 0 aliphatic heterocycles. The summed E-state index contributed by atoms with van der Waals surface area (Å²) in [6.45, 7) is 8.43. The molecule has 2 aromatic rings. The summed E-state index contributed by atoms with van der Waals surface area (Å²) in [6.07, 6.45) is 1.73. The third kappa shape index (κ3) is 6.22. The molecular weight excluding hydrogens is 348 g/mol. The maximum absolute atomic E-state index is 13.2. The second kappa shape index (κ2) is 10.6. The van der Waals surface area contributed by atoms with Crippen molar-refractivity contribution in [2.24, 2.45) is 0 Å².